The molecule has 0 aliphatic heterocycles. The van der Waals surface area contributed by atoms with Crippen LogP contribution in [0.3, 0.4) is 0 Å². The fourth-order valence-electron chi connectivity index (χ4n) is 4.58. The van der Waals surface area contributed by atoms with Crippen molar-refractivity contribution in [3.63, 3.8) is 0 Å². The van der Waals surface area contributed by atoms with Crippen LogP contribution >= 0.6 is 11.6 Å². The molecule has 11 heteroatoms. The van der Waals surface area contributed by atoms with Crippen LogP contribution in [0.4, 0.5) is 17.6 Å². The fourth-order valence-corrected chi connectivity index (χ4v) is 4.71. The lowest BCUT2D eigenvalue weighted by Crippen LogP contribution is -2.42. The van der Waals surface area contributed by atoms with Crippen LogP contribution in [0.15, 0.2) is 77.6 Å². The Morgan fingerprint density at radius 1 is 0.974 bits per heavy atom. The van der Waals surface area contributed by atoms with Gasteiger partial charge in [0.05, 0.1) is 12.1 Å². The molecule has 1 aromatic heterocycles. The van der Waals surface area contributed by atoms with Gasteiger partial charge in [0, 0.05) is 21.7 Å². The van der Waals surface area contributed by atoms with Crippen molar-refractivity contribution in [3.05, 3.63) is 111 Å². The van der Waals surface area contributed by atoms with Crippen LogP contribution in [0.1, 0.15) is 29.5 Å². The van der Waals surface area contributed by atoms with Gasteiger partial charge in [-0.3, -0.25) is 9.36 Å². The summed E-state index contributed by atoms with van der Waals surface area (Å²) in [7, 11) is 0. The molecule has 6 nitrogen and oxygen atoms in total. The average Bonchev–Trinajstić information content (AvgIpc) is 3.57. The summed E-state index contributed by atoms with van der Waals surface area (Å²) in [5.74, 6) is -0.836. The third-order valence-electron chi connectivity index (χ3n) is 6.71. The molecule has 4 aromatic rings. The van der Waals surface area contributed by atoms with Crippen molar-refractivity contribution in [2.24, 2.45) is 0 Å². The monoisotopic (exact) mass is 558 g/mol. The molecule has 1 N–H and O–H groups in total. The molecule has 0 radical (unpaired) electrons. The number of rotatable bonds is 8. The molecule has 202 valence electrons. The Morgan fingerprint density at radius 3 is 2.26 bits per heavy atom. The van der Waals surface area contributed by atoms with Gasteiger partial charge < -0.3 is 5.32 Å². The van der Waals surface area contributed by atoms with Gasteiger partial charge in [-0.05, 0) is 61.2 Å². The maximum atomic E-state index is 14.4. The largest absolute Gasteiger partial charge is 0.416 e. The lowest BCUT2D eigenvalue weighted by Gasteiger charge is -2.20. The third kappa shape index (κ3) is 5.90. The number of benzene rings is 3. The van der Waals surface area contributed by atoms with Crippen molar-refractivity contribution >= 4 is 17.5 Å². The van der Waals surface area contributed by atoms with E-state index in [1.807, 2.05) is 0 Å². The zero-order chi connectivity index (χ0) is 27.8. The van der Waals surface area contributed by atoms with Crippen molar-refractivity contribution in [1.82, 2.24) is 19.7 Å². The zero-order valence-corrected chi connectivity index (χ0v) is 21.3. The minimum atomic E-state index is -4.51. The van der Waals surface area contributed by atoms with Gasteiger partial charge in [0.25, 0.3) is 0 Å². The molecule has 1 aliphatic rings. The Hall–Kier alpha value is -3.92. The lowest BCUT2D eigenvalue weighted by molar-refractivity contribution is -0.138. The topological polar surface area (TPSA) is 68.9 Å². The number of aromatic nitrogens is 3. The summed E-state index contributed by atoms with van der Waals surface area (Å²) in [6.45, 7) is -0.574. The number of amides is 1. The Morgan fingerprint density at radius 2 is 1.62 bits per heavy atom. The van der Waals surface area contributed by atoms with Gasteiger partial charge in [0.1, 0.15) is 12.4 Å². The molecule has 1 aliphatic carbocycles. The van der Waals surface area contributed by atoms with Crippen molar-refractivity contribution in [3.8, 4) is 11.4 Å². The van der Waals surface area contributed by atoms with Crippen LogP contribution in [0.2, 0.25) is 5.02 Å². The van der Waals surface area contributed by atoms with Crippen molar-refractivity contribution in [2.45, 2.75) is 44.1 Å². The molecule has 0 saturated heterocycles. The molecule has 0 bridgehead atoms. The summed E-state index contributed by atoms with van der Waals surface area (Å²) in [4.78, 5) is 26.3. The molecular formula is C28H23ClF4N4O2. The quantitative estimate of drug-likeness (QED) is 0.292. The van der Waals surface area contributed by atoms with Crippen LogP contribution < -0.4 is 11.0 Å². The molecule has 3 aromatic carbocycles. The minimum absolute atomic E-state index is 0.0150. The van der Waals surface area contributed by atoms with Crippen LogP contribution in [0, 0.1) is 5.82 Å². The standard InChI is InChI=1S/C28H23ClF4N4O2/c29-21-11-9-18(10-12-21)25-35-37(26(39)36(25)16-20-6-2-4-8-23(20)30)17-24(38)34-27(13-14-27)15-19-5-1-3-7-22(19)28(31,32)33/h1-12H,13-17H2,(H,34,38). The fraction of sp³-hybridized carbons (Fsp3) is 0.250. The SMILES string of the molecule is O=C(Cn1nc(-c2ccc(Cl)cc2)n(Cc2ccccc2F)c1=O)NC1(Cc2ccccc2C(F)(F)F)CC1. The highest BCUT2D eigenvalue weighted by molar-refractivity contribution is 6.30. The van der Waals surface area contributed by atoms with Gasteiger partial charge in [0.15, 0.2) is 5.82 Å². The number of carbonyl (C=O) groups is 1. The van der Waals surface area contributed by atoms with E-state index >= 15 is 0 Å². The summed E-state index contributed by atoms with van der Waals surface area (Å²) < 4.78 is 57.0. The second-order valence-corrected chi connectivity index (χ2v) is 10.0. The highest BCUT2D eigenvalue weighted by atomic mass is 35.5. The van der Waals surface area contributed by atoms with E-state index in [2.05, 4.69) is 10.4 Å². The summed E-state index contributed by atoms with van der Waals surface area (Å²) in [6, 6.07) is 17.9. The van der Waals surface area contributed by atoms with Crippen molar-refractivity contribution in [1.29, 1.82) is 0 Å². The first kappa shape index (κ1) is 26.7. The van der Waals surface area contributed by atoms with Crippen molar-refractivity contribution < 1.29 is 22.4 Å². The van der Waals surface area contributed by atoms with E-state index in [9.17, 15) is 27.2 Å². The second-order valence-electron chi connectivity index (χ2n) is 9.61. The Kier molecular flexibility index (Phi) is 7.07. The van der Waals surface area contributed by atoms with Gasteiger partial charge in [-0.15, -0.1) is 5.10 Å². The van der Waals surface area contributed by atoms with E-state index in [0.29, 0.717) is 23.4 Å². The normalized spacial score (nSPS) is 14.3. The number of nitrogens with one attached hydrogen (secondary N) is 1. The predicted octanol–water partition coefficient (Wildman–Crippen LogP) is 5.46. The number of hydrogen-bond acceptors (Lipinski definition) is 3. The van der Waals surface area contributed by atoms with Gasteiger partial charge in [0.2, 0.25) is 5.91 Å². The van der Waals surface area contributed by atoms with E-state index in [0.717, 1.165) is 10.7 Å². The average molecular weight is 559 g/mol. The Labute approximate surface area is 225 Å². The Bertz CT molecular complexity index is 1570. The molecular weight excluding hydrogens is 536 g/mol. The number of carbonyl (C=O) groups excluding carboxylic acids is 1. The maximum Gasteiger partial charge on any atom is 0.416 e. The van der Waals surface area contributed by atoms with E-state index in [-0.39, 0.29) is 29.9 Å². The number of nitrogens with zero attached hydrogens (tertiary/aromatic N) is 3. The molecule has 0 atom stereocenters. The summed E-state index contributed by atoms with van der Waals surface area (Å²) in [6.07, 6.45) is -3.47. The molecule has 5 rings (SSSR count). The van der Waals surface area contributed by atoms with Crippen LogP contribution in [-0.2, 0) is 30.5 Å². The number of halogens is 5. The van der Waals surface area contributed by atoms with Crippen molar-refractivity contribution in [2.75, 3.05) is 0 Å². The van der Waals surface area contributed by atoms with Crippen LogP contribution in [-0.4, -0.2) is 25.8 Å². The molecule has 1 fully saturated rings. The maximum absolute atomic E-state index is 14.4. The number of hydrogen-bond donors (Lipinski definition) is 1. The summed E-state index contributed by atoms with van der Waals surface area (Å²) in [5, 5.41) is 7.64. The first-order valence-electron chi connectivity index (χ1n) is 12.2. The van der Waals surface area contributed by atoms with Gasteiger partial charge in [-0.25, -0.2) is 13.9 Å². The third-order valence-corrected chi connectivity index (χ3v) is 6.97. The van der Waals surface area contributed by atoms with Crippen LogP contribution in [0.5, 0.6) is 0 Å². The first-order chi connectivity index (χ1) is 18.5. The second kappa shape index (κ2) is 10.3. The highest BCUT2D eigenvalue weighted by Gasteiger charge is 2.46. The van der Waals surface area contributed by atoms with Gasteiger partial charge >= 0.3 is 11.9 Å². The smallest absolute Gasteiger partial charge is 0.349 e. The molecule has 0 unspecified atom stereocenters. The zero-order valence-electron chi connectivity index (χ0n) is 20.5. The lowest BCUT2D eigenvalue weighted by atomic mass is 9.98. The molecule has 39 heavy (non-hydrogen) atoms. The molecule has 1 amide bonds. The van der Waals surface area contributed by atoms with E-state index in [1.54, 1.807) is 36.4 Å². The van der Waals surface area contributed by atoms with E-state index < -0.39 is 41.2 Å². The highest BCUT2D eigenvalue weighted by Crippen LogP contribution is 2.41. The molecule has 1 heterocycles. The predicted molar refractivity (Wildman–Crippen MR) is 138 cm³/mol. The molecule has 1 saturated carbocycles. The van der Waals surface area contributed by atoms with Gasteiger partial charge in [-0.1, -0.05) is 48.0 Å². The molecule has 0 spiro atoms. The number of alkyl halides is 3. The summed E-state index contributed by atoms with van der Waals surface area (Å²) >= 11 is 6.00. The minimum Gasteiger partial charge on any atom is -0.349 e. The van der Waals surface area contributed by atoms with E-state index in [1.165, 1.54) is 34.9 Å². The van der Waals surface area contributed by atoms with Gasteiger partial charge in [-0.2, -0.15) is 13.2 Å². The Balaban J connectivity index is 1.40. The van der Waals surface area contributed by atoms with E-state index in [4.69, 9.17) is 11.6 Å². The first-order valence-corrected chi connectivity index (χ1v) is 12.6. The summed E-state index contributed by atoms with van der Waals surface area (Å²) in [5.41, 5.74) is -1.30. The van der Waals surface area contributed by atoms with Crippen LogP contribution in [0.25, 0.3) is 11.4 Å².